The van der Waals surface area contributed by atoms with Crippen molar-refractivity contribution in [3.63, 3.8) is 0 Å². The van der Waals surface area contributed by atoms with Crippen LogP contribution in [0.4, 0.5) is 0 Å². The molecular formula is C12H23ClN2OS. The maximum Gasteiger partial charge on any atom is 0.235 e. The van der Waals surface area contributed by atoms with Crippen LogP contribution in [-0.2, 0) is 4.79 Å². The van der Waals surface area contributed by atoms with Crippen LogP contribution in [0, 0.1) is 0 Å². The molecule has 0 saturated carbocycles. The Morgan fingerprint density at radius 1 is 1.47 bits per heavy atom. The second kappa shape index (κ2) is 7.49. The van der Waals surface area contributed by atoms with Gasteiger partial charge in [-0.15, -0.1) is 24.2 Å². The number of hydrogen-bond acceptors (Lipinski definition) is 3. The Kier molecular flexibility index (Phi) is 6.67. The van der Waals surface area contributed by atoms with Crippen molar-refractivity contribution in [2.24, 2.45) is 0 Å². The molecule has 1 N–H and O–H groups in total. The third-order valence-electron chi connectivity index (χ3n) is 3.43. The number of thioether (sulfide) groups is 1. The van der Waals surface area contributed by atoms with E-state index >= 15 is 0 Å². The van der Waals surface area contributed by atoms with Crippen LogP contribution >= 0.6 is 24.2 Å². The summed E-state index contributed by atoms with van der Waals surface area (Å²) in [6.45, 7) is 5.14. The quantitative estimate of drug-likeness (QED) is 0.853. The summed E-state index contributed by atoms with van der Waals surface area (Å²) in [7, 11) is 0. The Balaban J connectivity index is 0.00000144. The molecule has 1 amide bonds. The Labute approximate surface area is 114 Å². The van der Waals surface area contributed by atoms with Crippen LogP contribution < -0.4 is 5.32 Å². The molecule has 2 atom stereocenters. The van der Waals surface area contributed by atoms with Crippen LogP contribution in [0.3, 0.4) is 0 Å². The molecule has 2 unspecified atom stereocenters. The van der Waals surface area contributed by atoms with Crippen LogP contribution in [0.15, 0.2) is 0 Å². The van der Waals surface area contributed by atoms with E-state index in [2.05, 4.69) is 17.1 Å². The molecule has 2 aliphatic heterocycles. The smallest absolute Gasteiger partial charge is 0.235 e. The van der Waals surface area contributed by atoms with E-state index in [-0.39, 0.29) is 17.7 Å². The van der Waals surface area contributed by atoms with Crippen molar-refractivity contribution < 1.29 is 4.79 Å². The van der Waals surface area contributed by atoms with Crippen molar-refractivity contribution in [3.05, 3.63) is 0 Å². The summed E-state index contributed by atoms with van der Waals surface area (Å²) >= 11 is 1.85. The highest BCUT2D eigenvalue weighted by atomic mass is 35.5. The van der Waals surface area contributed by atoms with E-state index in [9.17, 15) is 4.79 Å². The average Bonchev–Trinajstić information content (AvgIpc) is 2.96. The highest BCUT2D eigenvalue weighted by Gasteiger charge is 2.32. The Morgan fingerprint density at radius 3 is 2.82 bits per heavy atom. The van der Waals surface area contributed by atoms with Crippen molar-refractivity contribution in [2.45, 2.75) is 43.9 Å². The zero-order chi connectivity index (χ0) is 11.4. The number of hydrogen-bond donors (Lipinski definition) is 1. The second-order valence-electron chi connectivity index (χ2n) is 4.68. The lowest BCUT2D eigenvalue weighted by Gasteiger charge is -2.30. The van der Waals surface area contributed by atoms with Gasteiger partial charge in [-0.25, -0.2) is 0 Å². The summed E-state index contributed by atoms with van der Waals surface area (Å²) < 4.78 is 0. The van der Waals surface area contributed by atoms with E-state index in [1.54, 1.807) is 0 Å². The number of carbonyl (C=O) groups excluding carboxylic acids is 1. The number of rotatable bonds is 4. The summed E-state index contributed by atoms with van der Waals surface area (Å²) in [5.41, 5.74) is 0. The maximum absolute atomic E-state index is 12.4. The molecule has 2 saturated heterocycles. The molecule has 100 valence electrons. The summed E-state index contributed by atoms with van der Waals surface area (Å²) in [6, 6.07) is 0.452. The van der Waals surface area contributed by atoms with Crippen LogP contribution in [0.25, 0.3) is 0 Å². The van der Waals surface area contributed by atoms with Crippen molar-refractivity contribution in [1.29, 1.82) is 0 Å². The molecule has 0 aromatic carbocycles. The Hall–Kier alpha value is 0.0700. The lowest BCUT2D eigenvalue weighted by atomic mass is 10.1. The molecule has 2 rings (SSSR count). The van der Waals surface area contributed by atoms with Gasteiger partial charge < -0.3 is 10.2 Å². The fraction of sp³-hybridized carbons (Fsp3) is 0.917. The van der Waals surface area contributed by atoms with Gasteiger partial charge in [-0.1, -0.05) is 6.92 Å². The zero-order valence-corrected chi connectivity index (χ0v) is 12.1. The molecule has 0 aromatic heterocycles. The van der Waals surface area contributed by atoms with Gasteiger partial charge in [-0.3, -0.25) is 4.79 Å². The Bertz CT molecular complexity index is 241. The van der Waals surface area contributed by atoms with Crippen molar-refractivity contribution in [2.75, 3.05) is 25.4 Å². The fourth-order valence-electron chi connectivity index (χ4n) is 2.58. The van der Waals surface area contributed by atoms with Gasteiger partial charge in [0.15, 0.2) is 0 Å². The summed E-state index contributed by atoms with van der Waals surface area (Å²) in [5.74, 6) is 1.57. The molecule has 5 heteroatoms. The van der Waals surface area contributed by atoms with Gasteiger partial charge in [0.1, 0.15) is 0 Å². The van der Waals surface area contributed by atoms with Gasteiger partial charge >= 0.3 is 0 Å². The number of carbonyl (C=O) groups is 1. The minimum atomic E-state index is 0. The first-order valence-electron chi connectivity index (χ1n) is 6.45. The molecule has 0 radical (unpaired) electrons. The molecule has 0 spiro atoms. The lowest BCUT2D eigenvalue weighted by Crippen LogP contribution is -2.45. The van der Waals surface area contributed by atoms with E-state index < -0.39 is 0 Å². The van der Waals surface area contributed by atoms with E-state index in [0.717, 1.165) is 38.9 Å². The standard InChI is InChI=1S/C12H22N2OS.ClH/c1-2-7-14(10-5-6-13-9-10)12(15)11-4-3-8-16-11;/h10-11,13H,2-9H2,1H3;1H. The van der Waals surface area contributed by atoms with Crippen molar-refractivity contribution in [1.82, 2.24) is 10.2 Å². The number of nitrogens with one attached hydrogen (secondary N) is 1. The zero-order valence-electron chi connectivity index (χ0n) is 10.5. The van der Waals surface area contributed by atoms with Gasteiger partial charge in [-0.05, 0) is 38.0 Å². The number of nitrogens with zero attached hydrogens (tertiary/aromatic N) is 1. The SMILES string of the molecule is CCCN(C(=O)C1CCCS1)C1CCNC1.Cl. The second-order valence-corrected chi connectivity index (χ2v) is 5.99. The van der Waals surface area contributed by atoms with Gasteiger partial charge in [0.25, 0.3) is 0 Å². The van der Waals surface area contributed by atoms with Gasteiger partial charge in [-0.2, -0.15) is 0 Å². The van der Waals surface area contributed by atoms with Crippen molar-refractivity contribution in [3.8, 4) is 0 Å². The van der Waals surface area contributed by atoms with Gasteiger partial charge in [0.05, 0.1) is 5.25 Å². The van der Waals surface area contributed by atoms with Gasteiger partial charge in [0.2, 0.25) is 5.91 Å². The summed E-state index contributed by atoms with van der Waals surface area (Å²) in [5, 5.41) is 3.61. The first kappa shape index (κ1) is 15.1. The van der Waals surface area contributed by atoms with Crippen LogP contribution in [-0.4, -0.2) is 47.5 Å². The van der Waals surface area contributed by atoms with Gasteiger partial charge in [0, 0.05) is 19.1 Å². The predicted molar refractivity (Wildman–Crippen MR) is 76.0 cm³/mol. The number of amides is 1. The third-order valence-corrected chi connectivity index (χ3v) is 4.79. The van der Waals surface area contributed by atoms with Crippen LogP contribution in [0.1, 0.15) is 32.6 Å². The van der Waals surface area contributed by atoms with E-state index in [0.29, 0.717) is 11.9 Å². The third kappa shape index (κ3) is 3.76. The summed E-state index contributed by atoms with van der Waals surface area (Å²) in [4.78, 5) is 14.5. The first-order valence-corrected chi connectivity index (χ1v) is 7.50. The molecule has 3 nitrogen and oxygen atoms in total. The van der Waals surface area contributed by atoms with Crippen LogP contribution in [0.5, 0.6) is 0 Å². The predicted octanol–water partition coefficient (Wildman–Crippen LogP) is 1.90. The largest absolute Gasteiger partial charge is 0.337 e. The minimum Gasteiger partial charge on any atom is -0.337 e. The fourth-order valence-corrected chi connectivity index (χ4v) is 3.81. The maximum atomic E-state index is 12.4. The normalized spacial score (nSPS) is 27.8. The average molecular weight is 279 g/mol. The highest BCUT2D eigenvalue weighted by molar-refractivity contribution is 8.00. The first-order chi connectivity index (χ1) is 7.83. The lowest BCUT2D eigenvalue weighted by molar-refractivity contribution is -0.132. The topological polar surface area (TPSA) is 32.3 Å². The Morgan fingerprint density at radius 2 is 2.29 bits per heavy atom. The molecule has 17 heavy (non-hydrogen) atoms. The molecular weight excluding hydrogens is 256 g/mol. The molecule has 2 heterocycles. The molecule has 0 aliphatic carbocycles. The monoisotopic (exact) mass is 278 g/mol. The van der Waals surface area contributed by atoms with Crippen LogP contribution in [0.2, 0.25) is 0 Å². The highest BCUT2D eigenvalue weighted by Crippen LogP contribution is 2.28. The molecule has 0 bridgehead atoms. The number of halogens is 1. The molecule has 2 fully saturated rings. The molecule has 2 aliphatic rings. The van der Waals surface area contributed by atoms with E-state index in [1.807, 2.05) is 11.8 Å². The van der Waals surface area contributed by atoms with E-state index in [4.69, 9.17) is 0 Å². The summed E-state index contributed by atoms with van der Waals surface area (Å²) in [6.07, 6.45) is 4.50. The molecule has 0 aromatic rings. The minimum absolute atomic E-state index is 0. The van der Waals surface area contributed by atoms with Crippen molar-refractivity contribution >= 4 is 30.1 Å². The van der Waals surface area contributed by atoms with E-state index in [1.165, 1.54) is 12.2 Å².